The van der Waals surface area contributed by atoms with Gasteiger partial charge in [-0.3, -0.25) is 4.90 Å². The van der Waals surface area contributed by atoms with E-state index < -0.39 is 0 Å². The lowest BCUT2D eigenvalue weighted by molar-refractivity contribution is 0.122. The Balaban J connectivity index is 2.58. The lowest BCUT2D eigenvalue weighted by Gasteiger charge is -2.39. The monoisotopic (exact) mass is 228 g/mol. The van der Waals surface area contributed by atoms with Gasteiger partial charge in [0.1, 0.15) is 0 Å². The molecular formula is C12H24N2S. The molecule has 0 radical (unpaired) electrons. The molecule has 0 heterocycles. The van der Waals surface area contributed by atoms with Gasteiger partial charge in [0.15, 0.2) is 0 Å². The van der Waals surface area contributed by atoms with Crippen LogP contribution in [0.1, 0.15) is 46.0 Å². The largest absolute Gasteiger partial charge is 0.392 e. The maximum absolute atomic E-state index is 5.65. The number of hydrogen-bond donors (Lipinski definition) is 1. The van der Waals surface area contributed by atoms with Crippen LogP contribution in [0.3, 0.4) is 0 Å². The smallest absolute Gasteiger partial charge is 0.0870 e. The van der Waals surface area contributed by atoms with Crippen molar-refractivity contribution in [2.24, 2.45) is 11.7 Å². The summed E-state index contributed by atoms with van der Waals surface area (Å²) in [6, 6.07) is 0.718. The van der Waals surface area contributed by atoms with Crippen LogP contribution in [-0.4, -0.2) is 29.0 Å². The van der Waals surface area contributed by atoms with Crippen LogP contribution in [0, 0.1) is 5.92 Å². The molecule has 1 aliphatic carbocycles. The fraction of sp³-hybridized carbons (Fsp3) is 0.917. The van der Waals surface area contributed by atoms with Crippen LogP contribution in [0.4, 0.5) is 0 Å². The second-order valence-corrected chi connectivity index (χ2v) is 5.07. The Hall–Kier alpha value is -0.150. The zero-order chi connectivity index (χ0) is 11.3. The summed E-state index contributed by atoms with van der Waals surface area (Å²) >= 11 is 5.02. The molecule has 0 spiro atoms. The fourth-order valence-corrected chi connectivity index (χ4v) is 2.97. The Morgan fingerprint density at radius 3 is 2.53 bits per heavy atom. The van der Waals surface area contributed by atoms with E-state index >= 15 is 0 Å². The third-order valence-electron chi connectivity index (χ3n) is 3.63. The summed E-state index contributed by atoms with van der Waals surface area (Å²) in [5, 5.41) is 0. The van der Waals surface area contributed by atoms with E-state index in [1.165, 1.54) is 32.1 Å². The first-order valence-corrected chi connectivity index (χ1v) is 6.62. The van der Waals surface area contributed by atoms with Crippen molar-refractivity contribution in [2.75, 3.05) is 13.1 Å². The highest BCUT2D eigenvalue weighted by Gasteiger charge is 2.28. The van der Waals surface area contributed by atoms with Gasteiger partial charge >= 0.3 is 0 Å². The Bertz CT molecular complexity index is 206. The zero-order valence-electron chi connectivity index (χ0n) is 10.0. The molecular weight excluding hydrogens is 204 g/mol. The quantitative estimate of drug-likeness (QED) is 0.733. The average molecular weight is 228 g/mol. The molecule has 0 aromatic heterocycles. The molecule has 2 N–H and O–H groups in total. The van der Waals surface area contributed by atoms with Crippen LogP contribution >= 0.6 is 12.2 Å². The van der Waals surface area contributed by atoms with Crippen molar-refractivity contribution in [3.05, 3.63) is 0 Å². The molecule has 1 rings (SSSR count). The van der Waals surface area contributed by atoms with Crippen LogP contribution in [0.2, 0.25) is 0 Å². The fourth-order valence-electron chi connectivity index (χ4n) is 2.81. The highest BCUT2D eigenvalue weighted by atomic mass is 32.1. The molecule has 0 bridgehead atoms. The molecule has 1 saturated carbocycles. The van der Waals surface area contributed by atoms with Gasteiger partial charge in [0, 0.05) is 12.6 Å². The number of nitrogens with zero attached hydrogens (tertiary/aromatic N) is 1. The molecule has 88 valence electrons. The summed E-state index contributed by atoms with van der Waals surface area (Å²) in [6.45, 7) is 6.38. The van der Waals surface area contributed by atoms with Crippen LogP contribution in [-0.2, 0) is 0 Å². The minimum atomic E-state index is 0.636. The Kier molecular flexibility index (Phi) is 5.54. The summed E-state index contributed by atoms with van der Waals surface area (Å²) in [5.74, 6) is 0.855. The molecule has 1 aliphatic rings. The van der Waals surface area contributed by atoms with E-state index in [2.05, 4.69) is 18.7 Å². The van der Waals surface area contributed by atoms with Crippen molar-refractivity contribution in [1.29, 1.82) is 0 Å². The van der Waals surface area contributed by atoms with E-state index in [1.807, 2.05) is 0 Å². The minimum absolute atomic E-state index is 0.636. The normalized spacial score (nSPS) is 26.9. The van der Waals surface area contributed by atoms with E-state index in [1.54, 1.807) is 0 Å². The molecule has 0 aliphatic heterocycles. The van der Waals surface area contributed by atoms with Gasteiger partial charge in [0.25, 0.3) is 0 Å². The van der Waals surface area contributed by atoms with Gasteiger partial charge in [-0.15, -0.1) is 0 Å². The van der Waals surface area contributed by atoms with Crippen molar-refractivity contribution >= 4 is 17.2 Å². The standard InChI is InChI=1S/C12H24N2S/c1-3-10-7-5-6-8-11(10)14(4-2)9-12(13)15/h10-11H,3-9H2,1-2H3,(H2,13,15). The molecule has 15 heavy (non-hydrogen) atoms. The Morgan fingerprint density at radius 2 is 2.00 bits per heavy atom. The molecule has 0 amide bonds. The first kappa shape index (κ1) is 12.9. The predicted molar refractivity (Wildman–Crippen MR) is 70.1 cm³/mol. The van der Waals surface area contributed by atoms with Gasteiger partial charge in [-0.25, -0.2) is 0 Å². The van der Waals surface area contributed by atoms with Crippen molar-refractivity contribution in [2.45, 2.75) is 52.0 Å². The van der Waals surface area contributed by atoms with Gasteiger partial charge < -0.3 is 5.73 Å². The highest BCUT2D eigenvalue weighted by Crippen LogP contribution is 2.30. The van der Waals surface area contributed by atoms with Crippen molar-refractivity contribution in [3.63, 3.8) is 0 Å². The molecule has 2 nitrogen and oxygen atoms in total. The van der Waals surface area contributed by atoms with Gasteiger partial charge in [0.05, 0.1) is 4.99 Å². The minimum Gasteiger partial charge on any atom is -0.392 e. The van der Waals surface area contributed by atoms with Crippen LogP contribution in [0.15, 0.2) is 0 Å². The van der Waals surface area contributed by atoms with Gasteiger partial charge in [-0.1, -0.05) is 45.3 Å². The van der Waals surface area contributed by atoms with Gasteiger partial charge in [-0.2, -0.15) is 0 Å². The summed E-state index contributed by atoms with van der Waals surface area (Å²) in [4.78, 5) is 3.10. The van der Waals surface area contributed by atoms with Crippen LogP contribution in [0.5, 0.6) is 0 Å². The zero-order valence-corrected chi connectivity index (χ0v) is 10.9. The molecule has 2 unspecified atom stereocenters. The average Bonchev–Trinajstić information content (AvgIpc) is 2.25. The lowest BCUT2D eigenvalue weighted by Crippen LogP contribution is -2.45. The second-order valence-electron chi connectivity index (χ2n) is 4.55. The molecule has 1 fully saturated rings. The topological polar surface area (TPSA) is 29.3 Å². The number of rotatable bonds is 5. The number of thiocarbonyl (C=S) groups is 1. The van der Waals surface area contributed by atoms with Gasteiger partial charge in [-0.05, 0) is 25.3 Å². The van der Waals surface area contributed by atoms with Crippen LogP contribution in [0.25, 0.3) is 0 Å². The SMILES string of the molecule is CCC1CCCCC1N(CC)CC(N)=S. The molecule has 0 aromatic carbocycles. The number of nitrogens with two attached hydrogens (primary N) is 1. The molecule has 3 heteroatoms. The Morgan fingerprint density at radius 1 is 1.33 bits per heavy atom. The molecule has 0 saturated heterocycles. The van der Waals surface area contributed by atoms with Crippen molar-refractivity contribution < 1.29 is 0 Å². The number of hydrogen-bond acceptors (Lipinski definition) is 2. The van der Waals surface area contributed by atoms with Crippen molar-refractivity contribution in [3.8, 4) is 0 Å². The van der Waals surface area contributed by atoms with E-state index in [4.69, 9.17) is 18.0 Å². The summed E-state index contributed by atoms with van der Waals surface area (Å²) in [7, 11) is 0. The highest BCUT2D eigenvalue weighted by molar-refractivity contribution is 7.80. The van der Waals surface area contributed by atoms with Crippen LogP contribution < -0.4 is 5.73 Å². The van der Waals surface area contributed by atoms with E-state index in [9.17, 15) is 0 Å². The van der Waals surface area contributed by atoms with E-state index in [0.29, 0.717) is 4.99 Å². The van der Waals surface area contributed by atoms with E-state index in [0.717, 1.165) is 25.0 Å². The second kappa shape index (κ2) is 6.44. The first-order valence-electron chi connectivity index (χ1n) is 6.21. The summed E-state index contributed by atoms with van der Waals surface area (Å²) in [5.41, 5.74) is 5.65. The predicted octanol–water partition coefficient (Wildman–Crippen LogP) is 2.56. The number of likely N-dealkylation sites (N-methyl/N-ethyl adjacent to an activating group) is 1. The van der Waals surface area contributed by atoms with Crippen molar-refractivity contribution in [1.82, 2.24) is 4.90 Å². The lowest BCUT2D eigenvalue weighted by atomic mass is 9.82. The molecule has 2 atom stereocenters. The summed E-state index contributed by atoms with van der Waals surface area (Å²) < 4.78 is 0. The maximum Gasteiger partial charge on any atom is 0.0870 e. The summed E-state index contributed by atoms with van der Waals surface area (Å²) in [6.07, 6.45) is 6.77. The van der Waals surface area contributed by atoms with E-state index in [-0.39, 0.29) is 0 Å². The molecule has 0 aromatic rings. The first-order chi connectivity index (χ1) is 7.19. The maximum atomic E-state index is 5.65. The van der Waals surface area contributed by atoms with Gasteiger partial charge in [0.2, 0.25) is 0 Å². The third-order valence-corrected chi connectivity index (χ3v) is 3.76. The Labute approximate surface area is 99.2 Å². The third kappa shape index (κ3) is 3.72.